The third kappa shape index (κ3) is 4.74. The molecular formula is C12H15N3O4. The topological polar surface area (TPSA) is 108 Å². The lowest BCUT2D eigenvalue weighted by atomic mass is 10.2. The van der Waals surface area contributed by atoms with Crippen molar-refractivity contribution in [3.8, 4) is 0 Å². The van der Waals surface area contributed by atoms with Gasteiger partial charge in [0.25, 0.3) is 5.91 Å². The van der Waals surface area contributed by atoms with E-state index in [-0.39, 0.29) is 30.1 Å². The van der Waals surface area contributed by atoms with Crippen molar-refractivity contribution in [2.75, 3.05) is 13.1 Å². The fourth-order valence-electron chi connectivity index (χ4n) is 1.37. The van der Waals surface area contributed by atoms with Gasteiger partial charge in [-0.1, -0.05) is 0 Å². The molecule has 0 radical (unpaired) electrons. The molecule has 102 valence electrons. The number of carbonyl (C=O) groups excluding carboxylic acids is 2. The molecule has 0 aliphatic rings. The van der Waals surface area contributed by atoms with E-state index < -0.39 is 11.9 Å². The second kappa shape index (κ2) is 7.10. The van der Waals surface area contributed by atoms with Crippen LogP contribution in [0.25, 0.3) is 0 Å². The summed E-state index contributed by atoms with van der Waals surface area (Å²) in [6.45, 7) is 2.54. The van der Waals surface area contributed by atoms with Crippen LogP contribution in [0, 0.1) is 0 Å². The van der Waals surface area contributed by atoms with Gasteiger partial charge in [-0.05, 0) is 19.1 Å². The Bertz CT molecular complexity index is 488. The quantitative estimate of drug-likeness (QED) is 0.672. The van der Waals surface area contributed by atoms with Crippen LogP contribution in [-0.4, -0.2) is 41.0 Å². The molecule has 3 N–H and O–H groups in total. The van der Waals surface area contributed by atoms with Gasteiger partial charge in [-0.15, -0.1) is 0 Å². The molecule has 19 heavy (non-hydrogen) atoms. The summed E-state index contributed by atoms with van der Waals surface area (Å²) in [6, 6.07) is 2.59. The highest BCUT2D eigenvalue weighted by atomic mass is 16.4. The zero-order valence-corrected chi connectivity index (χ0v) is 10.5. The van der Waals surface area contributed by atoms with E-state index in [0.29, 0.717) is 6.54 Å². The lowest BCUT2D eigenvalue weighted by Crippen LogP contribution is -2.30. The molecule has 0 bridgehead atoms. The van der Waals surface area contributed by atoms with Crippen LogP contribution in [-0.2, 0) is 4.79 Å². The van der Waals surface area contributed by atoms with Crippen molar-refractivity contribution < 1.29 is 19.5 Å². The van der Waals surface area contributed by atoms with Gasteiger partial charge in [0.1, 0.15) is 5.69 Å². The SMILES string of the molecule is CCNC(=O)CCNC(=O)c1ccnc(C(=O)O)c1. The molecule has 0 aromatic carbocycles. The van der Waals surface area contributed by atoms with E-state index in [1.54, 1.807) is 6.92 Å². The molecule has 1 heterocycles. The molecule has 0 aliphatic heterocycles. The molecule has 0 unspecified atom stereocenters. The second-order valence-electron chi connectivity index (χ2n) is 3.69. The predicted molar refractivity (Wildman–Crippen MR) is 66.8 cm³/mol. The summed E-state index contributed by atoms with van der Waals surface area (Å²) >= 11 is 0. The molecule has 0 saturated carbocycles. The first-order chi connectivity index (χ1) is 9.04. The Balaban J connectivity index is 2.52. The lowest BCUT2D eigenvalue weighted by Gasteiger charge is -2.05. The third-order valence-electron chi connectivity index (χ3n) is 2.25. The number of hydrogen-bond donors (Lipinski definition) is 3. The smallest absolute Gasteiger partial charge is 0.354 e. The van der Waals surface area contributed by atoms with Gasteiger partial charge in [0.05, 0.1) is 0 Å². The van der Waals surface area contributed by atoms with Crippen LogP contribution in [0.2, 0.25) is 0 Å². The largest absolute Gasteiger partial charge is 0.477 e. The molecule has 7 nitrogen and oxygen atoms in total. The standard InChI is InChI=1S/C12H15N3O4/c1-2-13-10(16)4-6-15-11(17)8-3-5-14-9(7-8)12(18)19/h3,5,7H,2,4,6H2,1H3,(H,13,16)(H,15,17)(H,18,19). The third-order valence-corrected chi connectivity index (χ3v) is 2.25. The molecule has 0 aliphatic carbocycles. The number of rotatable bonds is 6. The van der Waals surface area contributed by atoms with Crippen molar-refractivity contribution in [1.82, 2.24) is 15.6 Å². The molecule has 1 rings (SSSR count). The maximum Gasteiger partial charge on any atom is 0.354 e. The zero-order valence-electron chi connectivity index (χ0n) is 10.5. The Kier molecular flexibility index (Phi) is 5.46. The fourth-order valence-corrected chi connectivity index (χ4v) is 1.37. The summed E-state index contributed by atoms with van der Waals surface area (Å²) in [5.74, 6) is -1.78. The van der Waals surface area contributed by atoms with Gasteiger partial charge in [0.2, 0.25) is 5.91 Å². The first-order valence-corrected chi connectivity index (χ1v) is 5.78. The number of carboxylic acid groups (broad SMARTS) is 1. The Labute approximate surface area is 110 Å². The summed E-state index contributed by atoms with van der Waals surface area (Å²) in [7, 11) is 0. The summed E-state index contributed by atoms with van der Waals surface area (Å²) in [5.41, 5.74) is -0.000300. The van der Waals surface area contributed by atoms with E-state index in [9.17, 15) is 14.4 Å². The Morgan fingerprint density at radius 2 is 2.05 bits per heavy atom. The van der Waals surface area contributed by atoms with Crippen molar-refractivity contribution in [3.05, 3.63) is 29.6 Å². The summed E-state index contributed by atoms with van der Waals surface area (Å²) in [6.07, 6.45) is 1.43. The van der Waals surface area contributed by atoms with E-state index >= 15 is 0 Å². The molecule has 0 spiro atoms. The highest BCUT2D eigenvalue weighted by Crippen LogP contribution is 2.01. The summed E-state index contributed by atoms with van der Waals surface area (Å²) < 4.78 is 0. The first kappa shape index (κ1) is 14.6. The number of aromatic nitrogens is 1. The van der Waals surface area contributed by atoms with Gasteiger partial charge in [-0.2, -0.15) is 0 Å². The van der Waals surface area contributed by atoms with Gasteiger partial charge >= 0.3 is 5.97 Å². The molecule has 0 atom stereocenters. The Hall–Kier alpha value is -2.44. The number of hydrogen-bond acceptors (Lipinski definition) is 4. The van der Waals surface area contributed by atoms with Crippen LogP contribution >= 0.6 is 0 Å². The maximum absolute atomic E-state index is 11.7. The van der Waals surface area contributed by atoms with Crippen molar-refractivity contribution >= 4 is 17.8 Å². The second-order valence-corrected chi connectivity index (χ2v) is 3.69. The van der Waals surface area contributed by atoms with E-state index in [1.165, 1.54) is 18.3 Å². The molecule has 7 heteroatoms. The first-order valence-electron chi connectivity index (χ1n) is 5.78. The Morgan fingerprint density at radius 3 is 2.68 bits per heavy atom. The van der Waals surface area contributed by atoms with E-state index in [0.717, 1.165) is 0 Å². The number of pyridine rings is 1. The van der Waals surface area contributed by atoms with Crippen LogP contribution in [0.1, 0.15) is 34.2 Å². The number of nitrogens with zero attached hydrogens (tertiary/aromatic N) is 1. The highest BCUT2D eigenvalue weighted by Gasteiger charge is 2.10. The molecule has 1 aromatic rings. The van der Waals surface area contributed by atoms with Crippen LogP contribution in [0.3, 0.4) is 0 Å². The monoisotopic (exact) mass is 265 g/mol. The lowest BCUT2D eigenvalue weighted by molar-refractivity contribution is -0.120. The number of carbonyl (C=O) groups is 3. The minimum absolute atomic E-state index is 0.149. The minimum atomic E-state index is -1.20. The van der Waals surface area contributed by atoms with Crippen molar-refractivity contribution in [2.45, 2.75) is 13.3 Å². The number of nitrogens with one attached hydrogen (secondary N) is 2. The van der Waals surface area contributed by atoms with Gasteiger partial charge in [-0.25, -0.2) is 9.78 Å². The normalized spacial score (nSPS) is 9.74. The molecule has 0 fully saturated rings. The average molecular weight is 265 g/mol. The van der Waals surface area contributed by atoms with Gasteiger partial charge in [-0.3, -0.25) is 9.59 Å². The van der Waals surface area contributed by atoms with Crippen molar-refractivity contribution in [3.63, 3.8) is 0 Å². The fraction of sp³-hybridized carbons (Fsp3) is 0.333. The Morgan fingerprint density at radius 1 is 1.32 bits per heavy atom. The zero-order chi connectivity index (χ0) is 14.3. The van der Waals surface area contributed by atoms with Gasteiger partial charge in [0.15, 0.2) is 0 Å². The van der Waals surface area contributed by atoms with Crippen molar-refractivity contribution in [2.24, 2.45) is 0 Å². The van der Waals surface area contributed by atoms with E-state index in [1.807, 2.05) is 0 Å². The van der Waals surface area contributed by atoms with Crippen LogP contribution < -0.4 is 10.6 Å². The highest BCUT2D eigenvalue weighted by molar-refractivity contribution is 5.96. The van der Waals surface area contributed by atoms with Crippen LogP contribution in [0.5, 0.6) is 0 Å². The molecule has 1 aromatic heterocycles. The van der Waals surface area contributed by atoms with E-state index in [4.69, 9.17) is 5.11 Å². The molecular weight excluding hydrogens is 250 g/mol. The van der Waals surface area contributed by atoms with E-state index in [2.05, 4.69) is 15.6 Å². The maximum atomic E-state index is 11.7. The summed E-state index contributed by atoms with van der Waals surface area (Å²) in [5, 5.41) is 13.9. The molecule has 0 saturated heterocycles. The number of aromatic carboxylic acids is 1. The minimum Gasteiger partial charge on any atom is -0.477 e. The van der Waals surface area contributed by atoms with Crippen LogP contribution in [0.4, 0.5) is 0 Å². The number of carboxylic acids is 1. The number of amides is 2. The van der Waals surface area contributed by atoms with Crippen LogP contribution in [0.15, 0.2) is 18.3 Å². The van der Waals surface area contributed by atoms with Gasteiger partial charge < -0.3 is 15.7 Å². The summed E-state index contributed by atoms with van der Waals surface area (Å²) in [4.78, 5) is 37.2. The van der Waals surface area contributed by atoms with Crippen molar-refractivity contribution in [1.29, 1.82) is 0 Å². The predicted octanol–water partition coefficient (Wildman–Crippen LogP) is 0.0358. The van der Waals surface area contributed by atoms with Gasteiger partial charge in [0, 0.05) is 31.3 Å². The average Bonchev–Trinajstić information content (AvgIpc) is 2.39. The molecule has 2 amide bonds.